The standard InChI is InChI=1S/C5H5.3CH3.2ClH.Ti/c1-2-4-5-3-1;;;;;;/h1-3H,4H2;3*1H3;2*1H;. The van der Waals surface area contributed by atoms with Crippen molar-refractivity contribution in [3.8, 4) is 0 Å². The summed E-state index contributed by atoms with van der Waals surface area (Å²) in [6.45, 7) is 0. The van der Waals surface area contributed by atoms with Crippen LogP contribution in [0.4, 0.5) is 0 Å². The molecule has 0 amide bonds. The van der Waals surface area contributed by atoms with Crippen LogP contribution < -0.4 is 0 Å². The monoisotopic (exact) mass is 230 g/mol. The Morgan fingerprint density at radius 3 is 1.91 bits per heavy atom. The van der Waals surface area contributed by atoms with E-state index in [4.69, 9.17) is 0 Å². The van der Waals surface area contributed by atoms with Crippen molar-refractivity contribution in [1.29, 1.82) is 0 Å². The number of rotatable bonds is 1. The van der Waals surface area contributed by atoms with Crippen molar-refractivity contribution in [2.45, 2.75) is 22.1 Å². The zero-order chi connectivity index (χ0) is 6.91. The van der Waals surface area contributed by atoms with Crippen LogP contribution in [-0.4, -0.2) is 0 Å². The van der Waals surface area contributed by atoms with E-state index in [9.17, 15) is 0 Å². The molecule has 11 heavy (non-hydrogen) atoms. The molecule has 0 N–H and O–H groups in total. The molecule has 0 aliphatic heterocycles. The summed E-state index contributed by atoms with van der Waals surface area (Å²) < 4.78 is 1.73. The Kier molecular flexibility index (Phi) is 7.06. The van der Waals surface area contributed by atoms with Gasteiger partial charge in [0.1, 0.15) is 0 Å². The van der Waals surface area contributed by atoms with Crippen molar-refractivity contribution in [1.82, 2.24) is 0 Å². The Labute approximate surface area is 85.3 Å². The minimum atomic E-state index is -1.38. The molecule has 0 heterocycles. The van der Waals surface area contributed by atoms with Gasteiger partial charge in [-0.15, -0.1) is 24.8 Å². The summed E-state index contributed by atoms with van der Waals surface area (Å²) in [5.74, 6) is 0. The summed E-state index contributed by atoms with van der Waals surface area (Å²) in [6.07, 6.45) is 7.99. The number of allylic oxidation sites excluding steroid dienone is 4. The molecule has 1 aliphatic rings. The second-order valence-electron chi connectivity index (χ2n) is 3.57. The third-order valence-electron chi connectivity index (χ3n) is 1.73. The molecule has 0 saturated heterocycles. The van der Waals surface area contributed by atoms with Gasteiger partial charge in [-0.2, -0.15) is 0 Å². The fraction of sp³-hybridized carbons (Fsp3) is 0.500. The van der Waals surface area contributed by atoms with Gasteiger partial charge < -0.3 is 0 Å². The first-order valence-corrected chi connectivity index (χ1v) is 8.93. The fourth-order valence-electron chi connectivity index (χ4n) is 1.00. The first kappa shape index (κ1) is 14.3. The Bertz CT molecular complexity index is 165. The molecule has 0 bridgehead atoms. The van der Waals surface area contributed by atoms with E-state index >= 15 is 0 Å². The van der Waals surface area contributed by atoms with Gasteiger partial charge in [-0.05, 0) is 0 Å². The van der Waals surface area contributed by atoms with Crippen molar-refractivity contribution < 1.29 is 16.6 Å². The van der Waals surface area contributed by atoms with E-state index in [1.165, 1.54) is 6.42 Å². The van der Waals surface area contributed by atoms with Gasteiger partial charge in [-0.1, -0.05) is 0 Å². The van der Waals surface area contributed by atoms with Crippen LogP contribution in [0, 0.1) is 0 Å². The van der Waals surface area contributed by atoms with E-state index in [0.29, 0.717) is 0 Å². The minimum absolute atomic E-state index is 0. The molecule has 0 spiro atoms. The molecule has 1 rings (SSSR count). The van der Waals surface area contributed by atoms with E-state index in [-0.39, 0.29) is 24.8 Å². The van der Waals surface area contributed by atoms with Crippen molar-refractivity contribution in [3.63, 3.8) is 0 Å². The van der Waals surface area contributed by atoms with Crippen LogP contribution in [0.25, 0.3) is 0 Å². The predicted molar refractivity (Wildman–Crippen MR) is 53.9 cm³/mol. The van der Waals surface area contributed by atoms with E-state index in [1.54, 1.807) is 3.88 Å². The average molecular weight is 231 g/mol. The fourth-order valence-corrected chi connectivity index (χ4v) is 3.07. The van der Waals surface area contributed by atoms with Crippen molar-refractivity contribution in [2.24, 2.45) is 0 Å². The van der Waals surface area contributed by atoms with E-state index < -0.39 is 16.6 Å². The number of halogens is 2. The summed E-state index contributed by atoms with van der Waals surface area (Å²) in [5, 5.41) is 7.33. The third kappa shape index (κ3) is 4.37. The summed E-state index contributed by atoms with van der Waals surface area (Å²) >= 11 is -1.38. The molecule has 0 aromatic carbocycles. The maximum atomic E-state index is 2.44. The van der Waals surface area contributed by atoms with E-state index in [0.717, 1.165) is 0 Å². The van der Waals surface area contributed by atoms with Crippen LogP contribution in [0.1, 0.15) is 6.42 Å². The van der Waals surface area contributed by atoms with Gasteiger partial charge in [-0.3, -0.25) is 0 Å². The topological polar surface area (TPSA) is 0 Å². The van der Waals surface area contributed by atoms with Gasteiger partial charge in [0.05, 0.1) is 0 Å². The number of hydrogen-bond donors (Lipinski definition) is 0. The SMILES string of the molecule is Cl.Cl.[CH3][Ti]([CH3])([CH3])[C]1=CC=CC1. The molecule has 0 unspecified atom stereocenters. The van der Waals surface area contributed by atoms with Crippen molar-refractivity contribution >= 4 is 24.8 Å². The molecule has 3 heteroatoms. The number of hydrogen-bond acceptors (Lipinski definition) is 0. The van der Waals surface area contributed by atoms with Crippen LogP contribution in [0.2, 0.25) is 15.7 Å². The van der Waals surface area contributed by atoms with Crippen molar-refractivity contribution in [2.75, 3.05) is 0 Å². The molecule has 0 aromatic rings. The summed E-state index contributed by atoms with van der Waals surface area (Å²) in [4.78, 5) is 0. The zero-order valence-corrected chi connectivity index (χ0v) is 10.5. The van der Waals surface area contributed by atoms with Crippen LogP contribution in [-0.2, 0) is 16.6 Å². The van der Waals surface area contributed by atoms with Gasteiger partial charge in [0, 0.05) is 0 Å². The summed E-state index contributed by atoms with van der Waals surface area (Å²) in [5.41, 5.74) is 0. The Balaban J connectivity index is 0. The van der Waals surface area contributed by atoms with Gasteiger partial charge in [0.15, 0.2) is 0 Å². The van der Waals surface area contributed by atoms with E-state index in [1.807, 2.05) is 0 Å². The molecule has 1 aliphatic carbocycles. The van der Waals surface area contributed by atoms with Crippen molar-refractivity contribution in [3.05, 3.63) is 22.1 Å². The summed E-state index contributed by atoms with van der Waals surface area (Å²) in [6, 6.07) is 0. The van der Waals surface area contributed by atoms with Crippen LogP contribution in [0.3, 0.4) is 0 Å². The van der Waals surface area contributed by atoms with Gasteiger partial charge in [0.25, 0.3) is 0 Å². The molecule has 0 fully saturated rings. The van der Waals surface area contributed by atoms with Crippen LogP contribution >= 0.6 is 24.8 Å². The van der Waals surface area contributed by atoms with Gasteiger partial charge in [0.2, 0.25) is 0 Å². The molecule has 0 aromatic heterocycles. The molecular formula is C8H16Cl2Ti. The maximum absolute atomic E-state index is 2.44. The van der Waals surface area contributed by atoms with E-state index in [2.05, 4.69) is 33.9 Å². The zero-order valence-electron chi connectivity index (χ0n) is 7.26. The molecule has 0 nitrogen and oxygen atoms in total. The quantitative estimate of drug-likeness (QED) is 0.599. The first-order valence-electron chi connectivity index (χ1n) is 3.47. The van der Waals surface area contributed by atoms with Crippen LogP contribution in [0.5, 0.6) is 0 Å². The summed E-state index contributed by atoms with van der Waals surface area (Å²) in [7, 11) is 0. The normalized spacial score (nSPS) is 15.0. The Morgan fingerprint density at radius 1 is 1.18 bits per heavy atom. The molecule has 0 saturated carbocycles. The molecule has 0 atom stereocenters. The molecule has 66 valence electrons. The van der Waals surface area contributed by atoms with Gasteiger partial charge in [-0.25, -0.2) is 0 Å². The second kappa shape index (κ2) is 5.43. The Hall–Kier alpha value is 0.774. The van der Waals surface area contributed by atoms with Crippen LogP contribution in [0.15, 0.2) is 22.1 Å². The predicted octanol–water partition coefficient (Wildman–Crippen LogP) is 3.97. The molecular weight excluding hydrogens is 215 g/mol. The first-order chi connectivity index (χ1) is 4.11. The second-order valence-corrected chi connectivity index (χ2v) is 11.6. The molecule has 0 radical (unpaired) electrons. The third-order valence-corrected chi connectivity index (χ3v) is 5.32. The average Bonchev–Trinajstić information content (AvgIpc) is 2.08. The van der Waals surface area contributed by atoms with Gasteiger partial charge >= 0.3 is 60.8 Å². The Morgan fingerprint density at radius 2 is 1.73 bits per heavy atom.